The lowest BCUT2D eigenvalue weighted by atomic mass is 10.4. The van der Waals surface area contributed by atoms with Crippen molar-refractivity contribution in [2.75, 3.05) is 13.1 Å². The van der Waals surface area contributed by atoms with Gasteiger partial charge in [0.25, 0.3) is 0 Å². The summed E-state index contributed by atoms with van der Waals surface area (Å²) in [4.78, 5) is 2.30. The quantitative estimate of drug-likeness (QED) is 0.519. The zero-order valence-corrected chi connectivity index (χ0v) is 5.14. The van der Waals surface area contributed by atoms with Crippen LogP contribution in [-0.2, 0) is 0 Å². The lowest BCUT2D eigenvalue weighted by Gasteiger charge is -2.12. The van der Waals surface area contributed by atoms with E-state index in [4.69, 9.17) is 0 Å². The number of hydrogen-bond acceptors (Lipinski definition) is 1. The highest BCUT2D eigenvalue weighted by Gasteiger charge is 1.99. The fraction of sp³-hybridized carbons (Fsp3) is 0.571. The van der Waals surface area contributed by atoms with Gasteiger partial charge in [-0.1, -0.05) is 13.0 Å². The highest BCUT2D eigenvalue weighted by molar-refractivity contribution is 4.90. The molecule has 1 aliphatic heterocycles. The van der Waals surface area contributed by atoms with Gasteiger partial charge in [-0.2, -0.15) is 0 Å². The largest absolute Gasteiger partial charge is 0.377 e. The van der Waals surface area contributed by atoms with Crippen LogP contribution in [0.2, 0.25) is 0 Å². The second kappa shape index (κ2) is 2.75. The fourth-order valence-corrected chi connectivity index (χ4v) is 0.928. The molecule has 0 saturated carbocycles. The Hall–Kier alpha value is -0.460. The lowest BCUT2D eigenvalue weighted by Crippen LogP contribution is -2.14. The molecule has 0 aromatic carbocycles. The number of rotatable bonds is 2. The summed E-state index contributed by atoms with van der Waals surface area (Å²) in [5.74, 6) is 0. The molecule has 1 aliphatic rings. The average molecular weight is 110 g/mol. The average Bonchev–Trinajstić information content (AvgIpc) is 2.19. The van der Waals surface area contributed by atoms with Gasteiger partial charge in [-0.25, -0.2) is 0 Å². The Labute approximate surface area is 51.0 Å². The van der Waals surface area contributed by atoms with Crippen molar-refractivity contribution in [1.82, 2.24) is 4.90 Å². The third-order valence-corrected chi connectivity index (χ3v) is 1.34. The smallest absolute Gasteiger partial charge is 0.0207 e. The summed E-state index contributed by atoms with van der Waals surface area (Å²) in [5.41, 5.74) is 0. The van der Waals surface area contributed by atoms with Gasteiger partial charge in [-0.05, 0) is 19.0 Å². The first kappa shape index (κ1) is 5.67. The topological polar surface area (TPSA) is 3.24 Å². The van der Waals surface area contributed by atoms with E-state index < -0.39 is 0 Å². The molecule has 0 atom stereocenters. The van der Waals surface area contributed by atoms with Crippen LogP contribution >= 0.6 is 0 Å². The highest BCUT2D eigenvalue weighted by Crippen LogP contribution is 2.02. The van der Waals surface area contributed by atoms with Crippen LogP contribution in [0, 0.1) is 6.92 Å². The minimum atomic E-state index is 1.02. The molecule has 1 heterocycles. The van der Waals surface area contributed by atoms with Crippen molar-refractivity contribution >= 4 is 0 Å². The molecule has 0 unspecified atom stereocenters. The zero-order valence-electron chi connectivity index (χ0n) is 5.14. The van der Waals surface area contributed by atoms with E-state index in [-0.39, 0.29) is 0 Å². The first-order valence-corrected chi connectivity index (χ1v) is 3.13. The SMILES string of the molecule is [CH2]CCN1C=CCC1. The fourth-order valence-electron chi connectivity index (χ4n) is 0.928. The van der Waals surface area contributed by atoms with Gasteiger partial charge in [0.1, 0.15) is 0 Å². The minimum absolute atomic E-state index is 1.02. The molecule has 0 fully saturated rings. The van der Waals surface area contributed by atoms with Crippen LogP contribution in [0.1, 0.15) is 12.8 Å². The van der Waals surface area contributed by atoms with Gasteiger partial charge in [0.15, 0.2) is 0 Å². The van der Waals surface area contributed by atoms with Crippen LogP contribution in [0.5, 0.6) is 0 Å². The molecular formula is C7H12N. The molecule has 1 rings (SSSR count). The molecule has 0 aliphatic carbocycles. The summed E-state index contributed by atoms with van der Waals surface area (Å²) in [6, 6.07) is 0. The molecule has 8 heavy (non-hydrogen) atoms. The molecule has 0 N–H and O–H groups in total. The van der Waals surface area contributed by atoms with Crippen LogP contribution in [0.3, 0.4) is 0 Å². The van der Waals surface area contributed by atoms with Gasteiger partial charge in [0.2, 0.25) is 0 Å². The maximum absolute atomic E-state index is 3.77. The molecule has 0 aromatic heterocycles. The monoisotopic (exact) mass is 110 g/mol. The highest BCUT2D eigenvalue weighted by atomic mass is 15.1. The summed E-state index contributed by atoms with van der Waals surface area (Å²) in [6.07, 6.45) is 6.60. The summed E-state index contributed by atoms with van der Waals surface area (Å²) < 4.78 is 0. The van der Waals surface area contributed by atoms with Crippen molar-refractivity contribution in [1.29, 1.82) is 0 Å². The first-order chi connectivity index (χ1) is 3.93. The Kier molecular flexibility index (Phi) is 1.95. The van der Waals surface area contributed by atoms with E-state index in [9.17, 15) is 0 Å². The standard InChI is InChI=1S/C7H12N/c1-2-5-8-6-3-4-7-8/h3,6H,1-2,4-5,7H2. The van der Waals surface area contributed by atoms with Gasteiger partial charge < -0.3 is 4.90 Å². The van der Waals surface area contributed by atoms with Crippen molar-refractivity contribution in [3.05, 3.63) is 19.2 Å². The predicted octanol–water partition coefficient (Wildman–Crippen LogP) is 1.43. The molecule has 1 nitrogen and oxygen atoms in total. The van der Waals surface area contributed by atoms with Crippen LogP contribution < -0.4 is 0 Å². The van der Waals surface area contributed by atoms with E-state index >= 15 is 0 Å². The van der Waals surface area contributed by atoms with Crippen LogP contribution in [0.15, 0.2) is 12.3 Å². The Morgan fingerprint density at radius 3 is 3.00 bits per heavy atom. The normalized spacial score (nSPS) is 17.9. The van der Waals surface area contributed by atoms with Crippen LogP contribution in [0.4, 0.5) is 0 Å². The third kappa shape index (κ3) is 1.25. The van der Waals surface area contributed by atoms with Crippen molar-refractivity contribution in [2.24, 2.45) is 0 Å². The maximum Gasteiger partial charge on any atom is 0.0207 e. The maximum atomic E-state index is 3.77. The molecular weight excluding hydrogens is 98.1 g/mol. The second-order valence-electron chi connectivity index (χ2n) is 2.06. The molecule has 1 radical (unpaired) electrons. The van der Waals surface area contributed by atoms with Crippen LogP contribution in [-0.4, -0.2) is 18.0 Å². The summed E-state index contributed by atoms with van der Waals surface area (Å²) >= 11 is 0. The van der Waals surface area contributed by atoms with Crippen molar-refractivity contribution in [2.45, 2.75) is 12.8 Å². The lowest BCUT2D eigenvalue weighted by molar-refractivity contribution is 0.413. The van der Waals surface area contributed by atoms with E-state index in [0.29, 0.717) is 0 Å². The number of hydrogen-bond donors (Lipinski definition) is 0. The Balaban J connectivity index is 2.16. The van der Waals surface area contributed by atoms with Crippen molar-refractivity contribution in [3.63, 3.8) is 0 Å². The third-order valence-electron chi connectivity index (χ3n) is 1.34. The molecule has 0 saturated heterocycles. The molecule has 0 aromatic rings. The van der Waals surface area contributed by atoms with Gasteiger partial charge in [-0.15, -0.1) is 0 Å². The molecule has 0 bridgehead atoms. The minimum Gasteiger partial charge on any atom is -0.377 e. The van der Waals surface area contributed by atoms with E-state index in [1.54, 1.807) is 0 Å². The van der Waals surface area contributed by atoms with Crippen molar-refractivity contribution in [3.8, 4) is 0 Å². The Morgan fingerprint density at radius 1 is 1.62 bits per heavy atom. The molecule has 0 spiro atoms. The van der Waals surface area contributed by atoms with Gasteiger partial charge in [-0.3, -0.25) is 0 Å². The summed E-state index contributed by atoms with van der Waals surface area (Å²) in [5, 5.41) is 0. The van der Waals surface area contributed by atoms with Crippen LogP contribution in [0.25, 0.3) is 0 Å². The van der Waals surface area contributed by atoms with E-state index in [1.807, 2.05) is 0 Å². The van der Waals surface area contributed by atoms with E-state index in [1.165, 1.54) is 13.0 Å². The molecule has 1 heteroatoms. The Morgan fingerprint density at radius 2 is 2.50 bits per heavy atom. The van der Waals surface area contributed by atoms with E-state index in [0.717, 1.165) is 13.0 Å². The first-order valence-electron chi connectivity index (χ1n) is 3.13. The number of nitrogens with zero attached hydrogens (tertiary/aromatic N) is 1. The second-order valence-corrected chi connectivity index (χ2v) is 2.06. The van der Waals surface area contributed by atoms with Gasteiger partial charge in [0, 0.05) is 13.1 Å². The van der Waals surface area contributed by atoms with E-state index in [2.05, 4.69) is 24.1 Å². The summed E-state index contributed by atoms with van der Waals surface area (Å²) in [7, 11) is 0. The zero-order chi connectivity index (χ0) is 5.82. The van der Waals surface area contributed by atoms with Crippen molar-refractivity contribution < 1.29 is 0 Å². The predicted molar refractivity (Wildman–Crippen MR) is 35.3 cm³/mol. The summed E-state index contributed by atoms with van der Waals surface area (Å²) in [6.45, 7) is 6.10. The van der Waals surface area contributed by atoms with Gasteiger partial charge in [0.05, 0.1) is 0 Å². The molecule has 45 valence electrons. The molecule has 0 amide bonds. The van der Waals surface area contributed by atoms with Gasteiger partial charge >= 0.3 is 0 Å². The Bertz CT molecular complexity index is 86.4.